The average molecular weight is 658 g/mol. The summed E-state index contributed by atoms with van der Waals surface area (Å²) in [6.07, 6.45) is 0.770. The maximum atomic E-state index is 13.6. The van der Waals surface area contributed by atoms with Crippen molar-refractivity contribution in [3.8, 4) is 0 Å². The van der Waals surface area contributed by atoms with Crippen LogP contribution in [0.2, 0.25) is 0 Å². The molecule has 5 atom stereocenters. The highest BCUT2D eigenvalue weighted by Crippen LogP contribution is 2.21. The molecule has 1 saturated heterocycles. The highest BCUT2D eigenvalue weighted by atomic mass is 16.4. The van der Waals surface area contributed by atoms with Gasteiger partial charge in [-0.2, -0.15) is 0 Å². The van der Waals surface area contributed by atoms with E-state index < -0.39 is 91.3 Å². The van der Waals surface area contributed by atoms with Gasteiger partial charge in [0.2, 0.25) is 29.5 Å². The van der Waals surface area contributed by atoms with Crippen LogP contribution in [0.25, 0.3) is 0 Å². The Hall–Kier alpha value is -4.52. The summed E-state index contributed by atoms with van der Waals surface area (Å²) in [5.41, 5.74) is 16.6. The first-order valence-corrected chi connectivity index (χ1v) is 14.9. The van der Waals surface area contributed by atoms with E-state index in [2.05, 4.69) is 26.3 Å². The summed E-state index contributed by atoms with van der Waals surface area (Å²) in [6, 6.07) is -5.94. The van der Waals surface area contributed by atoms with Gasteiger partial charge in [-0.3, -0.25) is 33.8 Å². The molecule has 19 nitrogen and oxygen atoms in total. The lowest BCUT2D eigenvalue weighted by Gasteiger charge is -2.30. The minimum absolute atomic E-state index is 0.00941. The van der Waals surface area contributed by atoms with Crippen molar-refractivity contribution >= 4 is 47.4 Å². The minimum Gasteiger partial charge on any atom is -0.481 e. The minimum atomic E-state index is -1.51. The Balaban J connectivity index is 2.82. The molecule has 1 fully saturated rings. The molecule has 0 saturated carbocycles. The van der Waals surface area contributed by atoms with Crippen molar-refractivity contribution in [1.82, 2.24) is 26.2 Å². The van der Waals surface area contributed by atoms with Gasteiger partial charge in [0.1, 0.15) is 24.2 Å². The number of hydrogen-bond donors (Lipinski definition) is 10. The number of carbonyl (C=O) groups excluding carboxylic acids is 5. The molecule has 1 rings (SSSR count). The summed E-state index contributed by atoms with van der Waals surface area (Å²) < 4.78 is 0. The number of amides is 5. The van der Waals surface area contributed by atoms with Crippen LogP contribution in [0.15, 0.2) is 4.99 Å². The first kappa shape index (κ1) is 39.5. The number of carboxylic acid groups (broad SMARTS) is 2. The monoisotopic (exact) mass is 657 g/mol. The summed E-state index contributed by atoms with van der Waals surface area (Å²) in [4.78, 5) is 91.4. The average Bonchev–Trinajstić information content (AvgIpc) is 3.47. The van der Waals surface area contributed by atoms with Gasteiger partial charge in [0, 0.05) is 19.5 Å². The molecule has 46 heavy (non-hydrogen) atoms. The van der Waals surface area contributed by atoms with Gasteiger partial charge in [0.25, 0.3) is 0 Å². The predicted octanol–water partition coefficient (Wildman–Crippen LogP) is -4.08. The number of carbonyl (C=O) groups is 7. The topological polar surface area (TPSA) is 322 Å². The van der Waals surface area contributed by atoms with Crippen LogP contribution in [0, 0.1) is 5.92 Å². The third kappa shape index (κ3) is 14.1. The van der Waals surface area contributed by atoms with Gasteiger partial charge < -0.3 is 58.7 Å². The van der Waals surface area contributed by atoms with E-state index in [1.165, 1.54) is 4.90 Å². The summed E-state index contributed by atoms with van der Waals surface area (Å²) in [6.45, 7) is 2.62. The fourth-order valence-electron chi connectivity index (χ4n) is 4.65. The first-order chi connectivity index (χ1) is 21.6. The van der Waals surface area contributed by atoms with E-state index in [1.54, 1.807) is 0 Å². The van der Waals surface area contributed by atoms with Crippen LogP contribution < -0.4 is 38.5 Å². The molecular formula is C27H47N9O10. The van der Waals surface area contributed by atoms with E-state index in [4.69, 9.17) is 27.4 Å². The van der Waals surface area contributed by atoms with Crippen LogP contribution in [0.1, 0.15) is 58.8 Å². The number of hydrogen-bond acceptors (Lipinski definition) is 10. The summed E-state index contributed by atoms with van der Waals surface area (Å²) in [7, 11) is 0. The first-order valence-electron chi connectivity index (χ1n) is 14.9. The van der Waals surface area contributed by atoms with Crippen LogP contribution >= 0.6 is 0 Å². The van der Waals surface area contributed by atoms with E-state index >= 15 is 0 Å². The number of nitrogens with one attached hydrogen (secondary N) is 4. The second-order valence-electron chi connectivity index (χ2n) is 11.3. The number of nitrogens with zero attached hydrogens (tertiary/aromatic N) is 2. The number of guanidine groups is 1. The number of carboxylic acids is 2. The molecule has 0 spiro atoms. The zero-order valence-electron chi connectivity index (χ0n) is 26.1. The second-order valence-corrected chi connectivity index (χ2v) is 11.3. The highest BCUT2D eigenvalue weighted by Gasteiger charge is 2.39. The molecule has 0 aromatic rings. The smallest absolute Gasteiger partial charge is 0.326 e. The van der Waals surface area contributed by atoms with Crippen LogP contribution in [0.3, 0.4) is 0 Å². The third-order valence-electron chi connectivity index (χ3n) is 6.98. The second kappa shape index (κ2) is 19.8. The number of aliphatic imine (C=N–C) groups is 1. The zero-order valence-corrected chi connectivity index (χ0v) is 26.1. The molecule has 0 aromatic heterocycles. The number of nitrogens with two attached hydrogens (primary N) is 3. The number of aliphatic hydroxyl groups excluding tert-OH is 1. The Bertz CT molecular complexity index is 1130. The number of aliphatic hydroxyl groups is 1. The lowest BCUT2D eigenvalue weighted by molar-refractivity contribution is -0.143. The van der Waals surface area contributed by atoms with Gasteiger partial charge >= 0.3 is 11.9 Å². The maximum absolute atomic E-state index is 13.6. The molecule has 0 bridgehead atoms. The lowest BCUT2D eigenvalue weighted by Crippen LogP contribution is -2.58. The standard InChI is InChI=1S/C27H47N9O10/c1-14(2)11-17(34-22(41)15(28)5-3-9-31-27(29)30)25(44)36-10-4-6-19(36)24(43)35-18(13-37)23(42)32-12-20(38)33-16(26(45)46)7-8-21(39)40/h14-19,37H,3-13,28H2,1-2H3,(H,32,42)(H,33,38)(H,34,41)(H,35,43)(H,39,40)(H,45,46)(H4,29,30,31)/t15-,16-,17-,18-,19-/m0/s1. The summed E-state index contributed by atoms with van der Waals surface area (Å²) in [5, 5.41) is 36.9. The quantitative estimate of drug-likeness (QED) is 0.0339. The zero-order chi connectivity index (χ0) is 35.0. The predicted molar refractivity (Wildman–Crippen MR) is 162 cm³/mol. The van der Waals surface area contributed by atoms with Crippen LogP contribution in [-0.4, -0.2) is 124 Å². The van der Waals surface area contributed by atoms with Crippen molar-refractivity contribution in [3.05, 3.63) is 0 Å². The van der Waals surface area contributed by atoms with Crippen molar-refractivity contribution in [1.29, 1.82) is 0 Å². The Labute approximate surface area is 266 Å². The van der Waals surface area contributed by atoms with E-state index in [0.717, 1.165) is 0 Å². The Morgan fingerprint density at radius 1 is 0.935 bits per heavy atom. The van der Waals surface area contributed by atoms with Gasteiger partial charge in [0.05, 0.1) is 19.2 Å². The number of likely N-dealkylation sites (tertiary alicyclic amines) is 1. The normalized spacial score (nSPS) is 16.8. The van der Waals surface area contributed by atoms with Crippen molar-refractivity contribution in [2.45, 2.75) is 89.0 Å². The molecule has 1 aliphatic rings. The molecule has 19 heteroatoms. The van der Waals surface area contributed by atoms with Gasteiger partial charge in [-0.05, 0) is 44.4 Å². The lowest BCUT2D eigenvalue weighted by atomic mass is 10.0. The van der Waals surface area contributed by atoms with E-state index in [0.29, 0.717) is 12.8 Å². The van der Waals surface area contributed by atoms with Crippen LogP contribution in [0.4, 0.5) is 0 Å². The number of rotatable bonds is 20. The molecule has 0 aromatic carbocycles. The Morgan fingerprint density at radius 2 is 1.61 bits per heavy atom. The van der Waals surface area contributed by atoms with E-state index in [1.807, 2.05) is 13.8 Å². The van der Waals surface area contributed by atoms with E-state index in [-0.39, 0.29) is 50.7 Å². The molecule has 0 radical (unpaired) electrons. The van der Waals surface area contributed by atoms with Crippen molar-refractivity contribution in [2.24, 2.45) is 28.1 Å². The molecule has 5 amide bonds. The van der Waals surface area contributed by atoms with Gasteiger partial charge in [-0.1, -0.05) is 13.8 Å². The SMILES string of the molecule is CC(C)C[C@H](NC(=O)[C@@H](N)CCCN=C(N)N)C(=O)N1CCC[C@H]1C(=O)N[C@@H](CO)C(=O)NCC(=O)N[C@@H](CCC(=O)O)C(=O)O. The number of aliphatic carboxylic acids is 2. The van der Waals surface area contributed by atoms with Crippen LogP contribution in [0.5, 0.6) is 0 Å². The van der Waals surface area contributed by atoms with Crippen molar-refractivity contribution < 1.29 is 48.9 Å². The Kier molecular flexibility index (Phi) is 17.0. The Morgan fingerprint density at radius 3 is 2.17 bits per heavy atom. The van der Waals surface area contributed by atoms with Crippen LogP contribution in [-0.2, 0) is 33.6 Å². The highest BCUT2D eigenvalue weighted by molar-refractivity contribution is 5.96. The largest absolute Gasteiger partial charge is 0.481 e. The molecular weight excluding hydrogens is 610 g/mol. The third-order valence-corrected chi connectivity index (χ3v) is 6.98. The summed E-state index contributed by atoms with van der Waals surface area (Å²) in [5.74, 6) is -6.51. The molecule has 0 aliphatic carbocycles. The van der Waals surface area contributed by atoms with Gasteiger partial charge in [-0.15, -0.1) is 0 Å². The summed E-state index contributed by atoms with van der Waals surface area (Å²) >= 11 is 0. The molecule has 1 aliphatic heterocycles. The van der Waals surface area contributed by atoms with Crippen molar-refractivity contribution in [3.63, 3.8) is 0 Å². The van der Waals surface area contributed by atoms with Gasteiger partial charge in [0.15, 0.2) is 5.96 Å². The molecule has 260 valence electrons. The molecule has 13 N–H and O–H groups in total. The van der Waals surface area contributed by atoms with Crippen molar-refractivity contribution in [2.75, 3.05) is 26.2 Å². The maximum Gasteiger partial charge on any atom is 0.326 e. The fourth-order valence-corrected chi connectivity index (χ4v) is 4.65. The molecule has 0 unspecified atom stereocenters. The fraction of sp³-hybridized carbons (Fsp3) is 0.704. The van der Waals surface area contributed by atoms with Gasteiger partial charge in [-0.25, -0.2) is 4.79 Å². The molecule has 1 heterocycles. The van der Waals surface area contributed by atoms with E-state index in [9.17, 15) is 38.7 Å².